The van der Waals surface area contributed by atoms with E-state index in [1.807, 2.05) is 33.8 Å². The monoisotopic (exact) mass is 296 g/mol. The van der Waals surface area contributed by atoms with Crippen LogP contribution in [0.2, 0.25) is 0 Å². The number of aliphatic hydroxyl groups excluding tert-OH is 1. The van der Waals surface area contributed by atoms with Crippen molar-refractivity contribution in [2.24, 2.45) is 0 Å². The lowest BCUT2D eigenvalue weighted by Gasteiger charge is -2.32. The molecule has 0 aromatic rings. The molecule has 1 saturated heterocycles. The van der Waals surface area contributed by atoms with Gasteiger partial charge < -0.3 is 14.4 Å². The van der Waals surface area contributed by atoms with E-state index in [0.29, 0.717) is 0 Å². The Morgan fingerprint density at radius 2 is 1.43 bits per heavy atom. The highest BCUT2D eigenvalue weighted by Crippen LogP contribution is 2.37. The second kappa shape index (κ2) is 8.35. The van der Waals surface area contributed by atoms with Crippen molar-refractivity contribution >= 4 is 7.12 Å². The van der Waals surface area contributed by atoms with E-state index in [9.17, 15) is 5.11 Å². The molecule has 0 spiro atoms. The minimum absolute atomic E-state index is 0.357. The topological polar surface area (TPSA) is 38.7 Å². The zero-order valence-corrected chi connectivity index (χ0v) is 14.4. The third-order valence-electron chi connectivity index (χ3n) is 4.74. The van der Waals surface area contributed by atoms with Gasteiger partial charge in [0, 0.05) is 0 Å². The predicted octanol–water partition coefficient (Wildman–Crippen LogP) is 4.29. The highest BCUT2D eigenvalue weighted by molar-refractivity contribution is 6.47. The van der Waals surface area contributed by atoms with Crippen LogP contribution in [0, 0.1) is 0 Å². The fourth-order valence-corrected chi connectivity index (χ4v) is 2.53. The standard InChI is InChI=1S/C17H33BO3/c1-6-7-8-9-10-11-12-13-14-15(19)18-20-16(2,3)17(4,5)21-18/h6,15,19H,1,7-14H2,2-5H3. The minimum atomic E-state index is -0.521. The van der Waals surface area contributed by atoms with E-state index in [-0.39, 0.29) is 11.2 Å². The van der Waals surface area contributed by atoms with Crippen molar-refractivity contribution in [1.29, 1.82) is 0 Å². The van der Waals surface area contributed by atoms with Crippen LogP contribution in [0.4, 0.5) is 0 Å². The maximum absolute atomic E-state index is 10.2. The van der Waals surface area contributed by atoms with Crippen molar-refractivity contribution in [3.63, 3.8) is 0 Å². The lowest BCUT2D eigenvalue weighted by Crippen LogP contribution is -2.41. The summed E-state index contributed by atoms with van der Waals surface area (Å²) in [6, 6.07) is -0.521. The van der Waals surface area contributed by atoms with Gasteiger partial charge in [-0.05, 0) is 47.0 Å². The van der Waals surface area contributed by atoms with Gasteiger partial charge in [0.25, 0.3) is 0 Å². The van der Waals surface area contributed by atoms with Crippen LogP contribution in [0.25, 0.3) is 0 Å². The van der Waals surface area contributed by atoms with Crippen molar-refractivity contribution in [2.75, 3.05) is 0 Å². The van der Waals surface area contributed by atoms with Crippen molar-refractivity contribution < 1.29 is 14.4 Å². The number of unbranched alkanes of at least 4 members (excludes halogenated alkanes) is 6. The summed E-state index contributed by atoms with van der Waals surface area (Å²) in [5, 5.41) is 10.2. The maximum Gasteiger partial charge on any atom is 0.488 e. The van der Waals surface area contributed by atoms with Crippen molar-refractivity contribution in [2.45, 2.75) is 96.3 Å². The third kappa shape index (κ3) is 5.76. The highest BCUT2D eigenvalue weighted by Gasteiger charge is 2.53. The molecule has 0 bridgehead atoms. The molecular weight excluding hydrogens is 263 g/mol. The van der Waals surface area contributed by atoms with Gasteiger partial charge in [-0.15, -0.1) is 6.58 Å². The lowest BCUT2D eigenvalue weighted by molar-refractivity contribution is 0.00578. The molecule has 0 aromatic carbocycles. The summed E-state index contributed by atoms with van der Waals surface area (Å²) in [6.07, 6.45) is 11.1. The van der Waals surface area contributed by atoms with Gasteiger partial charge in [-0.3, -0.25) is 0 Å². The van der Waals surface area contributed by atoms with Crippen molar-refractivity contribution in [1.82, 2.24) is 0 Å². The summed E-state index contributed by atoms with van der Waals surface area (Å²) < 4.78 is 11.7. The molecule has 0 aliphatic carbocycles. The van der Waals surface area contributed by atoms with Gasteiger partial charge in [0.2, 0.25) is 0 Å². The first-order valence-electron chi connectivity index (χ1n) is 8.45. The Morgan fingerprint density at radius 3 is 1.95 bits per heavy atom. The van der Waals surface area contributed by atoms with Gasteiger partial charge in [-0.1, -0.05) is 38.2 Å². The Balaban J connectivity index is 2.12. The Kier molecular flexibility index (Phi) is 7.45. The van der Waals surface area contributed by atoms with Crippen LogP contribution >= 0.6 is 0 Å². The average molecular weight is 296 g/mol. The first kappa shape index (κ1) is 18.7. The molecule has 0 aromatic heterocycles. The first-order chi connectivity index (χ1) is 9.80. The van der Waals surface area contributed by atoms with Crippen LogP contribution in [0.15, 0.2) is 12.7 Å². The zero-order valence-electron chi connectivity index (χ0n) is 14.4. The van der Waals surface area contributed by atoms with Gasteiger partial charge >= 0.3 is 7.12 Å². The SMILES string of the molecule is C=CCCCCCCCCC(O)B1OC(C)(C)C(C)(C)O1. The summed E-state index contributed by atoms with van der Waals surface area (Å²) in [7, 11) is -0.484. The van der Waals surface area contributed by atoms with Crippen LogP contribution in [-0.2, 0) is 9.31 Å². The molecule has 1 N–H and O–H groups in total. The van der Waals surface area contributed by atoms with Gasteiger partial charge in [-0.2, -0.15) is 0 Å². The zero-order chi connectivity index (χ0) is 15.9. The molecular formula is C17H33BO3. The number of rotatable bonds is 10. The number of hydrogen-bond acceptors (Lipinski definition) is 3. The Hall–Kier alpha value is -0.315. The largest absolute Gasteiger partial charge is 0.488 e. The van der Waals surface area contributed by atoms with Crippen LogP contribution in [-0.4, -0.2) is 29.4 Å². The second-order valence-corrected chi connectivity index (χ2v) is 7.18. The average Bonchev–Trinajstić information content (AvgIpc) is 2.61. The molecule has 4 heteroatoms. The van der Waals surface area contributed by atoms with E-state index in [1.54, 1.807) is 0 Å². The first-order valence-corrected chi connectivity index (χ1v) is 8.45. The molecule has 0 radical (unpaired) electrons. The molecule has 1 unspecified atom stereocenters. The molecule has 0 amide bonds. The Bertz CT molecular complexity index is 299. The number of allylic oxidation sites excluding steroid dienone is 1. The molecule has 1 fully saturated rings. The maximum atomic E-state index is 10.2. The molecule has 21 heavy (non-hydrogen) atoms. The minimum Gasteiger partial charge on any atom is -0.402 e. The molecule has 1 aliphatic heterocycles. The molecule has 122 valence electrons. The van der Waals surface area contributed by atoms with Gasteiger partial charge in [0.15, 0.2) is 0 Å². The van der Waals surface area contributed by atoms with Crippen LogP contribution in [0.3, 0.4) is 0 Å². The van der Waals surface area contributed by atoms with Crippen LogP contribution in [0.1, 0.15) is 79.1 Å². The highest BCUT2D eigenvalue weighted by atomic mass is 16.7. The van der Waals surface area contributed by atoms with E-state index in [4.69, 9.17) is 9.31 Å². The smallest absolute Gasteiger partial charge is 0.402 e. The predicted molar refractivity (Wildman–Crippen MR) is 89.2 cm³/mol. The van der Waals surface area contributed by atoms with Gasteiger partial charge in [-0.25, -0.2) is 0 Å². The van der Waals surface area contributed by atoms with E-state index in [2.05, 4.69) is 6.58 Å². The fraction of sp³-hybridized carbons (Fsp3) is 0.882. The number of hydrogen-bond donors (Lipinski definition) is 1. The van der Waals surface area contributed by atoms with E-state index >= 15 is 0 Å². The van der Waals surface area contributed by atoms with Crippen LogP contribution in [0.5, 0.6) is 0 Å². The molecule has 3 nitrogen and oxygen atoms in total. The van der Waals surface area contributed by atoms with Gasteiger partial charge in [0.05, 0.1) is 17.2 Å². The molecule has 0 saturated carbocycles. The summed E-state index contributed by atoms with van der Waals surface area (Å²) >= 11 is 0. The Labute approximate surface area is 131 Å². The second-order valence-electron chi connectivity index (χ2n) is 7.18. The summed E-state index contributed by atoms with van der Waals surface area (Å²) in [5.41, 5.74) is -0.715. The van der Waals surface area contributed by atoms with E-state index in [0.717, 1.165) is 19.3 Å². The normalized spacial score (nSPS) is 21.5. The van der Waals surface area contributed by atoms with E-state index < -0.39 is 13.1 Å². The Morgan fingerprint density at radius 1 is 0.952 bits per heavy atom. The number of aliphatic hydroxyl groups is 1. The fourth-order valence-electron chi connectivity index (χ4n) is 2.53. The molecule has 1 aliphatic rings. The van der Waals surface area contributed by atoms with Gasteiger partial charge in [0.1, 0.15) is 0 Å². The molecule has 1 heterocycles. The summed E-state index contributed by atoms with van der Waals surface area (Å²) in [5.74, 6) is 0. The summed E-state index contributed by atoms with van der Waals surface area (Å²) in [4.78, 5) is 0. The lowest BCUT2D eigenvalue weighted by atomic mass is 9.78. The van der Waals surface area contributed by atoms with Crippen LogP contribution < -0.4 is 0 Å². The molecule has 1 atom stereocenters. The molecule has 1 rings (SSSR count). The quantitative estimate of drug-likeness (QED) is 0.371. The summed E-state index contributed by atoms with van der Waals surface area (Å²) in [6.45, 7) is 11.8. The van der Waals surface area contributed by atoms with Crippen molar-refractivity contribution in [3.8, 4) is 0 Å². The third-order valence-corrected chi connectivity index (χ3v) is 4.74. The van der Waals surface area contributed by atoms with Crippen molar-refractivity contribution in [3.05, 3.63) is 12.7 Å². The van der Waals surface area contributed by atoms with E-state index in [1.165, 1.54) is 32.1 Å².